The van der Waals surface area contributed by atoms with Gasteiger partial charge in [0, 0.05) is 29.1 Å². The first-order valence-electron chi connectivity index (χ1n) is 6.38. The molecule has 1 unspecified atom stereocenters. The minimum atomic E-state index is 0.336. The Morgan fingerprint density at radius 3 is 2.95 bits per heavy atom. The van der Waals surface area contributed by atoms with E-state index in [4.69, 9.17) is 16.3 Å². The Labute approximate surface area is 121 Å². The van der Waals surface area contributed by atoms with Gasteiger partial charge in [-0.05, 0) is 25.0 Å². The number of nitrogens with one attached hydrogen (secondary N) is 1. The van der Waals surface area contributed by atoms with Crippen LogP contribution in [0.1, 0.15) is 12.8 Å². The van der Waals surface area contributed by atoms with Crippen LogP contribution in [0.25, 0.3) is 11.3 Å². The monoisotopic (exact) mass is 294 g/mol. The van der Waals surface area contributed by atoms with E-state index < -0.39 is 0 Å². The summed E-state index contributed by atoms with van der Waals surface area (Å²) in [6.07, 6.45) is 2.64. The first kappa shape index (κ1) is 12.9. The van der Waals surface area contributed by atoms with Crippen molar-refractivity contribution in [2.75, 3.05) is 18.5 Å². The van der Waals surface area contributed by atoms with E-state index in [2.05, 4.69) is 15.7 Å². The summed E-state index contributed by atoms with van der Waals surface area (Å²) in [5.41, 5.74) is 2.07. The van der Waals surface area contributed by atoms with Crippen LogP contribution in [0.4, 0.5) is 5.13 Å². The molecular formula is C14H15ClN2OS. The van der Waals surface area contributed by atoms with Crippen LogP contribution in [-0.2, 0) is 4.74 Å². The molecule has 0 aliphatic carbocycles. The third-order valence-electron chi connectivity index (χ3n) is 3.15. The molecule has 0 spiro atoms. The molecule has 0 saturated carbocycles. The molecule has 5 heteroatoms. The molecule has 3 rings (SSSR count). The van der Waals surface area contributed by atoms with Crippen LogP contribution < -0.4 is 5.32 Å². The number of rotatable bonds is 4. The fourth-order valence-corrected chi connectivity index (χ4v) is 2.97. The lowest BCUT2D eigenvalue weighted by molar-refractivity contribution is 0.120. The molecule has 0 amide bonds. The van der Waals surface area contributed by atoms with Crippen molar-refractivity contribution in [3.63, 3.8) is 0 Å². The number of anilines is 1. The second-order valence-electron chi connectivity index (χ2n) is 4.56. The SMILES string of the molecule is Clc1ccc(-c2csc(NCC3CCCO3)n2)cc1. The van der Waals surface area contributed by atoms with Crippen LogP contribution in [0.2, 0.25) is 5.02 Å². The first-order chi connectivity index (χ1) is 9.31. The Balaban J connectivity index is 1.63. The summed E-state index contributed by atoms with van der Waals surface area (Å²) in [7, 11) is 0. The van der Waals surface area contributed by atoms with Crippen molar-refractivity contribution < 1.29 is 4.74 Å². The predicted molar refractivity (Wildman–Crippen MR) is 80.0 cm³/mol. The Bertz CT molecular complexity index is 535. The summed E-state index contributed by atoms with van der Waals surface area (Å²) in [5, 5.41) is 7.09. The lowest BCUT2D eigenvalue weighted by atomic mass is 10.2. The molecule has 2 aromatic rings. The highest BCUT2D eigenvalue weighted by Gasteiger charge is 2.15. The fraction of sp³-hybridized carbons (Fsp3) is 0.357. The normalized spacial score (nSPS) is 18.7. The summed E-state index contributed by atoms with van der Waals surface area (Å²) in [5.74, 6) is 0. The van der Waals surface area contributed by atoms with E-state index in [0.717, 1.165) is 41.0 Å². The number of thiazole rings is 1. The number of benzene rings is 1. The van der Waals surface area contributed by atoms with E-state index in [1.54, 1.807) is 11.3 Å². The zero-order valence-electron chi connectivity index (χ0n) is 10.4. The molecule has 0 radical (unpaired) electrons. The van der Waals surface area contributed by atoms with Crippen molar-refractivity contribution in [3.05, 3.63) is 34.7 Å². The zero-order valence-corrected chi connectivity index (χ0v) is 12.0. The number of ether oxygens (including phenoxy) is 1. The average molecular weight is 295 g/mol. The van der Waals surface area contributed by atoms with Gasteiger partial charge >= 0.3 is 0 Å². The average Bonchev–Trinajstić information content (AvgIpc) is 3.09. The van der Waals surface area contributed by atoms with E-state index in [1.807, 2.05) is 24.3 Å². The summed E-state index contributed by atoms with van der Waals surface area (Å²) < 4.78 is 5.58. The minimum Gasteiger partial charge on any atom is -0.376 e. The molecule has 2 heterocycles. The topological polar surface area (TPSA) is 34.1 Å². The van der Waals surface area contributed by atoms with Crippen LogP contribution >= 0.6 is 22.9 Å². The molecule has 1 N–H and O–H groups in total. The van der Waals surface area contributed by atoms with Crippen LogP contribution in [0, 0.1) is 0 Å². The fourth-order valence-electron chi connectivity index (χ4n) is 2.11. The molecule has 3 nitrogen and oxygen atoms in total. The maximum Gasteiger partial charge on any atom is 0.183 e. The van der Waals surface area contributed by atoms with Crippen LogP contribution in [0.3, 0.4) is 0 Å². The summed E-state index contributed by atoms with van der Waals surface area (Å²) in [4.78, 5) is 4.58. The molecule has 1 atom stereocenters. The van der Waals surface area contributed by atoms with Crippen molar-refractivity contribution in [2.45, 2.75) is 18.9 Å². The minimum absolute atomic E-state index is 0.336. The lowest BCUT2D eigenvalue weighted by Gasteiger charge is -2.09. The van der Waals surface area contributed by atoms with E-state index in [0.29, 0.717) is 6.10 Å². The van der Waals surface area contributed by atoms with Gasteiger partial charge in [0.15, 0.2) is 5.13 Å². The Morgan fingerprint density at radius 1 is 1.37 bits per heavy atom. The summed E-state index contributed by atoms with van der Waals surface area (Å²) in [6, 6.07) is 7.74. The number of aromatic nitrogens is 1. The molecule has 100 valence electrons. The molecular weight excluding hydrogens is 280 g/mol. The smallest absolute Gasteiger partial charge is 0.183 e. The van der Waals surface area contributed by atoms with Crippen molar-refractivity contribution >= 4 is 28.1 Å². The Hall–Kier alpha value is -1.10. The highest BCUT2D eigenvalue weighted by Crippen LogP contribution is 2.26. The van der Waals surface area contributed by atoms with Crippen molar-refractivity contribution in [1.82, 2.24) is 4.98 Å². The molecule has 1 aromatic carbocycles. The van der Waals surface area contributed by atoms with Crippen LogP contribution in [0.5, 0.6) is 0 Å². The van der Waals surface area contributed by atoms with E-state index >= 15 is 0 Å². The van der Waals surface area contributed by atoms with Gasteiger partial charge in [-0.15, -0.1) is 11.3 Å². The van der Waals surface area contributed by atoms with Crippen molar-refractivity contribution in [3.8, 4) is 11.3 Å². The maximum absolute atomic E-state index is 5.88. The second kappa shape index (κ2) is 5.90. The van der Waals surface area contributed by atoms with Gasteiger partial charge in [-0.3, -0.25) is 0 Å². The second-order valence-corrected chi connectivity index (χ2v) is 5.86. The van der Waals surface area contributed by atoms with Crippen LogP contribution in [-0.4, -0.2) is 24.2 Å². The van der Waals surface area contributed by atoms with E-state index in [1.165, 1.54) is 6.42 Å². The zero-order chi connectivity index (χ0) is 13.1. The van der Waals surface area contributed by atoms with Gasteiger partial charge < -0.3 is 10.1 Å². The van der Waals surface area contributed by atoms with Gasteiger partial charge in [-0.25, -0.2) is 4.98 Å². The Morgan fingerprint density at radius 2 is 2.21 bits per heavy atom. The Kier molecular flexibility index (Phi) is 4.01. The highest BCUT2D eigenvalue weighted by molar-refractivity contribution is 7.14. The van der Waals surface area contributed by atoms with Crippen molar-refractivity contribution in [1.29, 1.82) is 0 Å². The number of halogens is 1. The number of hydrogen-bond donors (Lipinski definition) is 1. The predicted octanol–water partition coefficient (Wildman–Crippen LogP) is 4.05. The van der Waals surface area contributed by atoms with Crippen LogP contribution in [0.15, 0.2) is 29.6 Å². The van der Waals surface area contributed by atoms with E-state index in [-0.39, 0.29) is 0 Å². The molecule has 1 saturated heterocycles. The van der Waals surface area contributed by atoms with Gasteiger partial charge in [0.05, 0.1) is 11.8 Å². The quantitative estimate of drug-likeness (QED) is 0.923. The first-order valence-corrected chi connectivity index (χ1v) is 7.64. The van der Waals surface area contributed by atoms with Gasteiger partial charge in [-0.2, -0.15) is 0 Å². The molecule has 1 aromatic heterocycles. The van der Waals surface area contributed by atoms with Crippen molar-refractivity contribution in [2.24, 2.45) is 0 Å². The highest BCUT2D eigenvalue weighted by atomic mass is 35.5. The summed E-state index contributed by atoms with van der Waals surface area (Å²) in [6.45, 7) is 1.73. The largest absolute Gasteiger partial charge is 0.376 e. The van der Waals surface area contributed by atoms with Gasteiger partial charge in [-0.1, -0.05) is 23.7 Å². The molecule has 1 aliphatic heterocycles. The lowest BCUT2D eigenvalue weighted by Crippen LogP contribution is -2.18. The molecule has 1 fully saturated rings. The third-order valence-corrected chi connectivity index (χ3v) is 4.20. The maximum atomic E-state index is 5.88. The molecule has 0 bridgehead atoms. The van der Waals surface area contributed by atoms with Gasteiger partial charge in [0.1, 0.15) is 0 Å². The van der Waals surface area contributed by atoms with Gasteiger partial charge in [0.2, 0.25) is 0 Å². The third kappa shape index (κ3) is 3.26. The standard InChI is InChI=1S/C14H15ClN2OS/c15-11-5-3-10(4-6-11)13-9-19-14(17-13)16-8-12-2-1-7-18-12/h3-6,9,12H,1-2,7-8H2,(H,16,17). The molecule has 1 aliphatic rings. The molecule has 19 heavy (non-hydrogen) atoms. The summed E-state index contributed by atoms with van der Waals surface area (Å²) >= 11 is 7.50. The number of nitrogens with zero attached hydrogens (tertiary/aromatic N) is 1. The van der Waals surface area contributed by atoms with E-state index in [9.17, 15) is 0 Å². The number of hydrogen-bond acceptors (Lipinski definition) is 4. The van der Waals surface area contributed by atoms with Gasteiger partial charge in [0.25, 0.3) is 0 Å².